The van der Waals surface area contributed by atoms with Gasteiger partial charge in [0.2, 0.25) is 0 Å². The van der Waals surface area contributed by atoms with Crippen LogP contribution in [0.1, 0.15) is 18.2 Å². The lowest BCUT2D eigenvalue weighted by atomic mass is 10.2. The molecule has 2 aromatic rings. The Morgan fingerprint density at radius 1 is 1.30 bits per heavy atom. The molecule has 0 fully saturated rings. The topological polar surface area (TPSA) is 56.3 Å². The molecule has 0 unspecified atom stereocenters. The average Bonchev–Trinajstić information content (AvgIpc) is 3.00. The number of aliphatic imine (C=N–C) groups is 1. The lowest BCUT2D eigenvalue weighted by Crippen LogP contribution is -2.38. The predicted octanol–water partition coefficient (Wildman–Crippen LogP) is 3.93. The summed E-state index contributed by atoms with van der Waals surface area (Å²) in [5.41, 5.74) is 2.04. The Kier molecular flexibility index (Phi) is 8.72. The van der Waals surface area contributed by atoms with E-state index in [4.69, 9.17) is 23.2 Å². The van der Waals surface area contributed by atoms with E-state index < -0.39 is 0 Å². The van der Waals surface area contributed by atoms with Gasteiger partial charge in [-0.2, -0.15) is 5.10 Å². The summed E-state index contributed by atoms with van der Waals surface area (Å²) in [6.45, 7) is 4.08. The first-order valence-corrected chi connectivity index (χ1v) is 7.77. The molecule has 1 aromatic carbocycles. The molecule has 23 heavy (non-hydrogen) atoms. The van der Waals surface area contributed by atoms with E-state index in [0.717, 1.165) is 23.8 Å². The van der Waals surface area contributed by atoms with E-state index in [0.29, 0.717) is 23.1 Å². The number of rotatable bonds is 5. The molecular weight excluding hydrogens is 448 g/mol. The first kappa shape index (κ1) is 20.1. The standard InChI is InChI=1S/C15H19Cl2N5.HI/c1-3-18-15(19-9-12-6-7-20-21-12)22(2)10-11-4-5-13(16)14(17)8-11;/h4-8H,3,9-10H2,1-2H3,(H,18,19)(H,20,21);1H. The van der Waals surface area contributed by atoms with Gasteiger partial charge in [0, 0.05) is 26.3 Å². The second-order valence-corrected chi connectivity index (χ2v) is 5.67. The minimum absolute atomic E-state index is 0. The molecule has 0 saturated heterocycles. The molecule has 126 valence electrons. The first-order valence-electron chi connectivity index (χ1n) is 7.01. The summed E-state index contributed by atoms with van der Waals surface area (Å²) >= 11 is 12.0. The Labute approximate surface area is 163 Å². The molecule has 0 saturated carbocycles. The van der Waals surface area contributed by atoms with Crippen molar-refractivity contribution in [1.82, 2.24) is 20.4 Å². The summed E-state index contributed by atoms with van der Waals surface area (Å²) in [7, 11) is 1.98. The number of nitrogens with zero attached hydrogens (tertiary/aromatic N) is 3. The van der Waals surface area contributed by atoms with Crippen LogP contribution in [0.15, 0.2) is 35.5 Å². The molecule has 1 aromatic heterocycles. The molecule has 0 amide bonds. The van der Waals surface area contributed by atoms with Gasteiger partial charge < -0.3 is 10.2 Å². The summed E-state index contributed by atoms with van der Waals surface area (Å²) in [5, 5.41) is 11.2. The van der Waals surface area contributed by atoms with Crippen LogP contribution in [0.5, 0.6) is 0 Å². The van der Waals surface area contributed by atoms with E-state index in [2.05, 4.69) is 20.5 Å². The van der Waals surface area contributed by atoms with Gasteiger partial charge in [0.15, 0.2) is 5.96 Å². The molecule has 5 nitrogen and oxygen atoms in total. The number of hydrogen-bond donors (Lipinski definition) is 2. The van der Waals surface area contributed by atoms with Crippen LogP contribution in [-0.4, -0.2) is 34.6 Å². The fourth-order valence-corrected chi connectivity index (χ4v) is 2.31. The third kappa shape index (κ3) is 6.19. The van der Waals surface area contributed by atoms with Gasteiger partial charge in [-0.15, -0.1) is 24.0 Å². The summed E-state index contributed by atoms with van der Waals surface area (Å²) < 4.78 is 0. The highest BCUT2D eigenvalue weighted by molar-refractivity contribution is 14.0. The van der Waals surface area contributed by atoms with Crippen LogP contribution in [0.4, 0.5) is 0 Å². The molecular formula is C15H20Cl2IN5. The zero-order valence-corrected chi connectivity index (χ0v) is 16.9. The predicted molar refractivity (Wildman–Crippen MR) is 107 cm³/mol. The minimum Gasteiger partial charge on any atom is -0.357 e. The number of halogens is 3. The Morgan fingerprint density at radius 3 is 2.70 bits per heavy atom. The maximum Gasteiger partial charge on any atom is 0.194 e. The first-order chi connectivity index (χ1) is 10.6. The van der Waals surface area contributed by atoms with Gasteiger partial charge in [0.05, 0.1) is 22.3 Å². The van der Waals surface area contributed by atoms with Gasteiger partial charge >= 0.3 is 0 Å². The largest absolute Gasteiger partial charge is 0.357 e. The van der Waals surface area contributed by atoms with E-state index in [1.165, 1.54) is 0 Å². The maximum absolute atomic E-state index is 6.06. The van der Waals surface area contributed by atoms with Crippen LogP contribution in [0.25, 0.3) is 0 Å². The minimum atomic E-state index is 0. The molecule has 0 spiro atoms. The van der Waals surface area contributed by atoms with E-state index in [-0.39, 0.29) is 24.0 Å². The van der Waals surface area contributed by atoms with Crippen molar-refractivity contribution >= 4 is 53.1 Å². The number of nitrogens with one attached hydrogen (secondary N) is 2. The fourth-order valence-electron chi connectivity index (χ4n) is 1.99. The van der Waals surface area contributed by atoms with Crippen LogP contribution in [-0.2, 0) is 13.1 Å². The van der Waals surface area contributed by atoms with Crippen LogP contribution < -0.4 is 5.32 Å². The Bertz CT molecular complexity index is 631. The highest BCUT2D eigenvalue weighted by Gasteiger charge is 2.08. The van der Waals surface area contributed by atoms with Crippen molar-refractivity contribution in [2.45, 2.75) is 20.0 Å². The molecule has 0 radical (unpaired) electrons. The summed E-state index contributed by atoms with van der Waals surface area (Å²) in [5.74, 6) is 0.822. The van der Waals surface area contributed by atoms with Gasteiger partial charge in [-0.05, 0) is 30.7 Å². The summed E-state index contributed by atoms with van der Waals surface area (Å²) in [4.78, 5) is 6.63. The maximum atomic E-state index is 6.06. The number of aromatic nitrogens is 2. The molecule has 0 bridgehead atoms. The van der Waals surface area contributed by atoms with Crippen molar-refractivity contribution in [2.24, 2.45) is 4.99 Å². The number of aromatic amines is 1. The van der Waals surface area contributed by atoms with Crippen LogP contribution >= 0.6 is 47.2 Å². The van der Waals surface area contributed by atoms with Crippen molar-refractivity contribution in [1.29, 1.82) is 0 Å². The Morgan fingerprint density at radius 2 is 2.09 bits per heavy atom. The Hall–Kier alpha value is -0.990. The number of H-pyrrole nitrogens is 1. The number of hydrogen-bond acceptors (Lipinski definition) is 2. The molecule has 2 N–H and O–H groups in total. The second kappa shape index (κ2) is 10.00. The van der Waals surface area contributed by atoms with Gasteiger partial charge in [-0.3, -0.25) is 5.10 Å². The van der Waals surface area contributed by atoms with E-state index >= 15 is 0 Å². The van der Waals surface area contributed by atoms with Gasteiger partial charge in [-0.25, -0.2) is 4.99 Å². The summed E-state index contributed by atoms with van der Waals surface area (Å²) in [6, 6.07) is 7.55. The quantitative estimate of drug-likeness (QED) is 0.398. The van der Waals surface area contributed by atoms with Crippen molar-refractivity contribution < 1.29 is 0 Å². The monoisotopic (exact) mass is 467 g/mol. The van der Waals surface area contributed by atoms with Crippen molar-refractivity contribution in [3.63, 3.8) is 0 Å². The van der Waals surface area contributed by atoms with Crippen LogP contribution in [0, 0.1) is 0 Å². The van der Waals surface area contributed by atoms with E-state index in [9.17, 15) is 0 Å². The highest BCUT2D eigenvalue weighted by atomic mass is 127. The smallest absolute Gasteiger partial charge is 0.194 e. The molecule has 0 atom stereocenters. The van der Waals surface area contributed by atoms with Gasteiger partial charge in [0.1, 0.15) is 0 Å². The van der Waals surface area contributed by atoms with Gasteiger partial charge in [0.25, 0.3) is 0 Å². The average molecular weight is 468 g/mol. The van der Waals surface area contributed by atoms with Crippen molar-refractivity contribution in [3.05, 3.63) is 51.8 Å². The SMILES string of the molecule is CCNC(=NCc1ccn[nH]1)N(C)Cc1ccc(Cl)c(Cl)c1.I. The van der Waals surface area contributed by atoms with Crippen molar-refractivity contribution in [3.8, 4) is 0 Å². The fraction of sp³-hybridized carbons (Fsp3) is 0.333. The zero-order valence-electron chi connectivity index (χ0n) is 13.0. The number of guanidine groups is 1. The van der Waals surface area contributed by atoms with Crippen molar-refractivity contribution in [2.75, 3.05) is 13.6 Å². The molecule has 1 heterocycles. The third-order valence-corrected chi connectivity index (χ3v) is 3.80. The van der Waals surface area contributed by atoms with Crippen LogP contribution in [0.2, 0.25) is 10.0 Å². The zero-order chi connectivity index (χ0) is 15.9. The molecule has 2 rings (SSSR count). The number of benzene rings is 1. The normalized spacial score (nSPS) is 11.0. The molecule has 0 aliphatic carbocycles. The third-order valence-electron chi connectivity index (χ3n) is 3.06. The van der Waals surface area contributed by atoms with Gasteiger partial charge in [-0.1, -0.05) is 29.3 Å². The summed E-state index contributed by atoms with van der Waals surface area (Å²) in [6.07, 6.45) is 1.72. The molecule has 8 heteroatoms. The van der Waals surface area contributed by atoms with E-state index in [1.54, 1.807) is 6.20 Å². The second-order valence-electron chi connectivity index (χ2n) is 4.86. The van der Waals surface area contributed by atoms with Crippen LogP contribution in [0.3, 0.4) is 0 Å². The highest BCUT2D eigenvalue weighted by Crippen LogP contribution is 2.23. The lowest BCUT2D eigenvalue weighted by Gasteiger charge is -2.22. The van der Waals surface area contributed by atoms with E-state index in [1.807, 2.05) is 43.1 Å². The lowest BCUT2D eigenvalue weighted by molar-refractivity contribution is 0.476. The molecule has 0 aliphatic rings. The Balaban J connectivity index is 0.00000264. The molecule has 0 aliphatic heterocycles.